The Bertz CT molecular complexity index is 1120. The molecule has 164 valence electrons. The lowest BCUT2D eigenvalue weighted by Gasteiger charge is -2.12. The maximum Gasteiger partial charge on any atom is 0.240 e. The fourth-order valence-electron chi connectivity index (χ4n) is 2.90. The average Bonchev–Trinajstić information content (AvgIpc) is 3.28. The fourth-order valence-corrected chi connectivity index (χ4v) is 3.98. The molecular formula is C22H25FN4O3S. The summed E-state index contributed by atoms with van der Waals surface area (Å²) in [6.45, 7) is 1.05. The summed E-state index contributed by atoms with van der Waals surface area (Å²) in [5.74, 6) is 1.08. The Kier molecular flexibility index (Phi) is 7.80. The second kappa shape index (κ2) is 10.7. The van der Waals surface area contributed by atoms with Crippen LogP contribution in [0.2, 0.25) is 0 Å². The van der Waals surface area contributed by atoms with Gasteiger partial charge in [-0.2, -0.15) is 0 Å². The Morgan fingerprint density at radius 1 is 1.00 bits per heavy atom. The number of hydrogen-bond donors (Lipinski definition) is 3. The van der Waals surface area contributed by atoms with Crippen molar-refractivity contribution in [3.8, 4) is 0 Å². The third-order valence-electron chi connectivity index (χ3n) is 4.49. The molecule has 1 aromatic heterocycles. The van der Waals surface area contributed by atoms with E-state index in [2.05, 4.69) is 20.3 Å². The van der Waals surface area contributed by atoms with Gasteiger partial charge < -0.3 is 15.1 Å². The molecule has 0 atom stereocenters. The number of benzene rings is 2. The summed E-state index contributed by atoms with van der Waals surface area (Å²) < 4.78 is 46.3. The zero-order chi connectivity index (χ0) is 22.1. The van der Waals surface area contributed by atoms with Gasteiger partial charge >= 0.3 is 0 Å². The lowest BCUT2D eigenvalue weighted by molar-refractivity contribution is 0.507. The van der Waals surface area contributed by atoms with E-state index in [1.807, 2.05) is 18.2 Å². The Morgan fingerprint density at radius 3 is 2.48 bits per heavy atom. The molecule has 3 aromatic rings. The largest absolute Gasteiger partial charge is 0.469 e. The van der Waals surface area contributed by atoms with Gasteiger partial charge in [-0.15, -0.1) is 0 Å². The number of hydrogen-bond acceptors (Lipinski definition) is 4. The summed E-state index contributed by atoms with van der Waals surface area (Å²) in [7, 11) is -2.07. The van der Waals surface area contributed by atoms with E-state index in [0.29, 0.717) is 24.6 Å². The van der Waals surface area contributed by atoms with Gasteiger partial charge in [0.25, 0.3) is 0 Å². The van der Waals surface area contributed by atoms with Crippen LogP contribution in [0.3, 0.4) is 0 Å². The summed E-state index contributed by atoms with van der Waals surface area (Å²) in [5, 5.41) is 6.34. The summed E-state index contributed by atoms with van der Waals surface area (Å²) in [6.07, 6.45) is 2.36. The first kappa shape index (κ1) is 22.5. The number of sulfonamides is 1. The highest BCUT2D eigenvalue weighted by Crippen LogP contribution is 2.13. The lowest BCUT2D eigenvalue weighted by atomic mass is 10.2. The highest BCUT2D eigenvalue weighted by Gasteiger charge is 2.14. The lowest BCUT2D eigenvalue weighted by Crippen LogP contribution is -2.37. The molecule has 3 rings (SSSR count). The molecule has 0 radical (unpaired) electrons. The van der Waals surface area contributed by atoms with E-state index in [9.17, 15) is 12.8 Å². The minimum absolute atomic E-state index is 0.00873. The Morgan fingerprint density at radius 2 is 1.77 bits per heavy atom. The van der Waals surface area contributed by atoms with Crippen LogP contribution in [0.15, 0.2) is 81.2 Å². The molecule has 31 heavy (non-hydrogen) atoms. The van der Waals surface area contributed by atoms with Gasteiger partial charge in [-0.25, -0.2) is 17.5 Å². The second-order valence-electron chi connectivity index (χ2n) is 6.78. The van der Waals surface area contributed by atoms with Gasteiger partial charge in [0.2, 0.25) is 10.0 Å². The Labute approximate surface area is 181 Å². The molecule has 0 aliphatic carbocycles. The van der Waals surface area contributed by atoms with Crippen LogP contribution < -0.4 is 15.4 Å². The number of nitrogens with one attached hydrogen (secondary N) is 3. The van der Waals surface area contributed by atoms with Crippen LogP contribution in [0.4, 0.5) is 4.39 Å². The van der Waals surface area contributed by atoms with Crippen molar-refractivity contribution in [1.82, 2.24) is 15.4 Å². The molecule has 9 heteroatoms. The average molecular weight is 445 g/mol. The Balaban J connectivity index is 1.54. The molecule has 2 aromatic carbocycles. The van der Waals surface area contributed by atoms with Gasteiger partial charge in [-0.1, -0.05) is 24.3 Å². The maximum atomic E-state index is 13.3. The predicted molar refractivity (Wildman–Crippen MR) is 117 cm³/mol. The summed E-state index contributed by atoms with van der Waals surface area (Å²) in [5.41, 5.74) is 1.33. The standard InChI is InChI=1S/C22H25FN4O3S/c1-24-22(25-11-10-20-8-4-12-30-20)26-15-18-6-3-9-21(14-18)31(28,29)27-16-17-5-2-7-19(23)13-17/h2-9,12-14,27H,10-11,15-16H2,1H3,(H2,24,25,26). The molecule has 7 nitrogen and oxygen atoms in total. The molecule has 0 unspecified atom stereocenters. The zero-order valence-electron chi connectivity index (χ0n) is 17.1. The molecule has 0 saturated heterocycles. The number of halogens is 1. The summed E-state index contributed by atoms with van der Waals surface area (Å²) >= 11 is 0. The molecule has 0 aliphatic heterocycles. The highest BCUT2D eigenvalue weighted by molar-refractivity contribution is 7.89. The minimum Gasteiger partial charge on any atom is -0.469 e. The first-order valence-corrected chi connectivity index (χ1v) is 11.2. The normalized spacial score (nSPS) is 12.0. The van der Waals surface area contributed by atoms with Crippen LogP contribution in [0.1, 0.15) is 16.9 Å². The van der Waals surface area contributed by atoms with Crippen LogP contribution in [0, 0.1) is 5.82 Å². The van der Waals surface area contributed by atoms with Crippen molar-refractivity contribution in [2.75, 3.05) is 13.6 Å². The van der Waals surface area contributed by atoms with Crippen LogP contribution in [0.5, 0.6) is 0 Å². The van der Waals surface area contributed by atoms with Gasteiger partial charge in [0.05, 0.1) is 11.2 Å². The van der Waals surface area contributed by atoms with Gasteiger partial charge in [0.15, 0.2) is 5.96 Å². The first-order valence-electron chi connectivity index (χ1n) is 9.76. The summed E-state index contributed by atoms with van der Waals surface area (Å²) in [6, 6.07) is 16.2. The molecule has 0 aliphatic rings. The number of nitrogens with zero attached hydrogens (tertiary/aromatic N) is 1. The van der Waals surface area contributed by atoms with E-state index in [1.54, 1.807) is 37.6 Å². The molecule has 0 spiro atoms. The molecule has 0 amide bonds. The van der Waals surface area contributed by atoms with Gasteiger partial charge in [0, 0.05) is 33.1 Å². The molecule has 0 saturated carbocycles. The number of rotatable bonds is 9. The van der Waals surface area contributed by atoms with Crippen molar-refractivity contribution in [2.45, 2.75) is 24.4 Å². The zero-order valence-corrected chi connectivity index (χ0v) is 18.0. The molecule has 1 heterocycles. The maximum absolute atomic E-state index is 13.3. The van der Waals surface area contributed by atoms with E-state index in [1.165, 1.54) is 18.2 Å². The van der Waals surface area contributed by atoms with Crippen LogP contribution >= 0.6 is 0 Å². The molecule has 0 fully saturated rings. The van der Waals surface area contributed by atoms with E-state index < -0.39 is 15.8 Å². The highest BCUT2D eigenvalue weighted by atomic mass is 32.2. The van der Waals surface area contributed by atoms with E-state index in [-0.39, 0.29) is 11.4 Å². The molecular weight excluding hydrogens is 419 g/mol. The van der Waals surface area contributed by atoms with Gasteiger partial charge in [-0.3, -0.25) is 4.99 Å². The van der Waals surface area contributed by atoms with Crippen molar-refractivity contribution in [2.24, 2.45) is 4.99 Å². The third-order valence-corrected chi connectivity index (χ3v) is 5.89. The first-order chi connectivity index (χ1) is 15.0. The smallest absolute Gasteiger partial charge is 0.240 e. The minimum atomic E-state index is -3.73. The number of aliphatic imine (C=N–C) groups is 1. The third kappa shape index (κ3) is 6.94. The molecule has 0 bridgehead atoms. The number of guanidine groups is 1. The summed E-state index contributed by atoms with van der Waals surface area (Å²) in [4.78, 5) is 4.31. The predicted octanol–water partition coefficient (Wildman–Crippen LogP) is 2.80. The van der Waals surface area contributed by atoms with Crippen LogP contribution in [-0.2, 0) is 29.5 Å². The fraction of sp³-hybridized carbons (Fsp3) is 0.227. The number of furan rings is 1. The quantitative estimate of drug-likeness (QED) is 0.348. The SMILES string of the molecule is CN=C(NCCc1ccco1)NCc1cccc(S(=O)(=O)NCc2cccc(F)c2)c1. The van der Waals surface area contributed by atoms with Crippen molar-refractivity contribution in [1.29, 1.82) is 0 Å². The monoisotopic (exact) mass is 444 g/mol. The second-order valence-corrected chi connectivity index (χ2v) is 8.55. The van der Waals surface area contributed by atoms with E-state index in [4.69, 9.17) is 4.42 Å². The van der Waals surface area contributed by atoms with Gasteiger partial charge in [0.1, 0.15) is 11.6 Å². The molecule has 3 N–H and O–H groups in total. The van der Waals surface area contributed by atoms with E-state index in [0.717, 1.165) is 17.7 Å². The topological polar surface area (TPSA) is 95.7 Å². The van der Waals surface area contributed by atoms with Crippen LogP contribution in [0.25, 0.3) is 0 Å². The van der Waals surface area contributed by atoms with Gasteiger partial charge in [-0.05, 0) is 47.5 Å². The van der Waals surface area contributed by atoms with E-state index >= 15 is 0 Å². The Hall–Kier alpha value is -3.17. The van der Waals surface area contributed by atoms with Crippen molar-refractivity contribution in [3.05, 3.63) is 89.6 Å². The van der Waals surface area contributed by atoms with Crippen LogP contribution in [-0.4, -0.2) is 28.0 Å². The van der Waals surface area contributed by atoms with Crippen molar-refractivity contribution in [3.63, 3.8) is 0 Å². The van der Waals surface area contributed by atoms with Crippen molar-refractivity contribution < 1.29 is 17.2 Å². The van der Waals surface area contributed by atoms with Crippen molar-refractivity contribution >= 4 is 16.0 Å².